The van der Waals surface area contributed by atoms with Gasteiger partial charge >= 0.3 is 0 Å². The summed E-state index contributed by atoms with van der Waals surface area (Å²) >= 11 is 0. The van der Waals surface area contributed by atoms with Crippen molar-refractivity contribution in [1.29, 1.82) is 0 Å². The maximum absolute atomic E-state index is 5.76. The van der Waals surface area contributed by atoms with Gasteiger partial charge in [0.1, 0.15) is 0 Å². The quantitative estimate of drug-likeness (QED) is 0.608. The topological polar surface area (TPSA) is 24.5 Å². The molecule has 0 aromatic rings. The standard InChI is InChI=1S/C15H32N2O/c1-14(2)13-15(3)18-12-8-16-7-6-11-17-9-4-5-10-17/h14-16H,4-13H2,1-3H3. The molecular weight excluding hydrogens is 224 g/mol. The molecule has 1 heterocycles. The molecule has 18 heavy (non-hydrogen) atoms. The van der Waals surface area contributed by atoms with Gasteiger partial charge in [0, 0.05) is 6.54 Å². The van der Waals surface area contributed by atoms with Crippen LogP contribution in [-0.2, 0) is 4.74 Å². The van der Waals surface area contributed by atoms with Crippen molar-refractivity contribution < 1.29 is 4.74 Å². The first kappa shape index (κ1) is 15.9. The van der Waals surface area contributed by atoms with E-state index in [1.54, 1.807) is 0 Å². The molecular formula is C15H32N2O. The molecule has 1 fully saturated rings. The van der Waals surface area contributed by atoms with E-state index in [0.29, 0.717) is 6.10 Å². The maximum Gasteiger partial charge on any atom is 0.0594 e. The number of hydrogen-bond donors (Lipinski definition) is 1. The summed E-state index contributed by atoms with van der Waals surface area (Å²) in [4.78, 5) is 2.57. The monoisotopic (exact) mass is 256 g/mol. The molecule has 1 aliphatic heterocycles. The minimum atomic E-state index is 0.399. The lowest BCUT2D eigenvalue weighted by atomic mass is 10.1. The number of nitrogens with zero attached hydrogens (tertiary/aromatic N) is 1. The summed E-state index contributed by atoms with van der Waals surface area (Å²) < 4.78 is 5.76. The number of nitrogens with one attached hydrogen (secondary N) is 1. The third-order valence-corrected chi connectivity index (χ3v) is 3.51. The Labute approximate surface area is 113 Å². The summed E-state index contributed by atoms with van der Waals surface area (Å²) in [6.45, 7) is 13.5. The molecule has 0 aliphatic carbocycles. The van der Waals surface area contributed by atoms with Gasteiger partial charge < -0.3 is 15.0 Å². The van der Waals surface area contributed by atoms with Gasteiger partial charge in [-0.15, -0.1) is 0 Å². The van der Waals surface area contributed by atoms with Crippen molar-refractivity contribution in [2.75, 3.05) is 39.3 Å². The van der Waals surface area contributed by atoms with Gasteiger partial charge in [0.05, 0.1) is 12.7 Å². The zero-order valence-electron chi connectivity index (χ0n) is 12.6. The first-order valence-electron chi connectivity index (χ1n) is 7.73. The number of ether oxygens (including phenoxy) is 1. The van der Waals surface area contributed by atoms with Crippen molar-refractivity contribution in [2.45, 2.75) is 52.6 Å². The molecule has 0 aromatic heterocycles. The molecule has 1 saturated heterocycles. The van der Waals surface area contributed by atoms with Crippen LogP contribution in [0.2, 0.25) is 0 Å². The van der Waals surface area contributed by atoms with E-state index in [-0.39, 0.29) is 0 Å². The van der Waals surface area contributed by atoms with Crippen LogP contribution in [0.1, 0.15) is 46.5 Å². The van der Waals surface area contributed by atoms with Gasteiger partial charge in [-0.25, -0.2) is 0 Å². The first-order chi connectivity index (χ1) is 8.68. The third-order valence-electron chi connectivity index (χ3n) is 3.51. The molecule has 1 atom stereocenters. The molecule has 0 spiro atoms. The molecule has 0 saturated carbocycles. The van der Waals surface area contributed by atoms with Crippen molar-refractivity contribution in [2.24, 2.45) is 5.92 Å². The molecule has 0 aromatic carbocycles. The minimum absolute atomic E-state index is 0.399. The first-order valence-corrected chi connectivity index (χ1v) is 7.73. The zero-order chi connectivity index (χ0) is 13.2. The van der Waals surface area contributed by atoms with Gasteiger partial charge in [-0.2, -0.15) is 0 Å². The summed E-state index contributed by atoms with van der Waals surface area (Å²) in [5, 5.41) is 3.47. The zero-order valence-corrected chi connectivity index (χ0v) is 12.6. The van der Waals surface area contributed by atoms with Crippen molar-refractivity contribution in [3.8, 4) is 0 Å². The largest absolute Gasteiger partial charge is 0.377 e. The average Bonchev–Trinajstić information content (AvgIpc) is 2.79. The van der Waals surface area contributed by atoms with Crippen LogP contribution >= 0.6 is 0 Å². The summed E-state index contributed by atoms with van der Waals surface area (Å²) in [5.41, 5.74) is 0. The fraction of sp³-hybridized carbons (Fsp3) is 1.00. The van der Waals surface area contributed by atoms with Crippen LogP contribution in [0.3, 0.4) is 0 Å². The van der Waals surface area contributed by atoms with Crippen molar-refractivity contribution in [1.82, 2.24) is 10.2 Å². The summed E-state index contributed by atoms with van der Waals surface area (Å²) in [6, 6.07) is 0. The van der Waals surface area contributed by atoms with Crippen molar-refractivity contribution in [3.05, 3.63) is 0 Å². The highest BCUT2D eigenvalue weighted by atomic mass is 16.5. The Morgan fingerprint density at radius 3 is 2.50 bits per heavy atom. The lowest BCUT2D eigenvalue weighted by Crippen LogP contribution is -2.27. The molecule has 1 aliphatic rings. The summed E-state index contributed by atoms with van der Waals surface area (Å²) in [5.74, 6) is 0.730. The van der Waals surface area contributed by atoms with Crippen LogP contribution in [0.5, 0.6) is 0 Å². The van der Waals surface area contributed by atoms with Crippen LogP contribution in [0.25, 0.3) is 0 Å². The van der Waals surface area contributed by atoms with E-state index in [0.717, 1.165) is 32.0 Å². The van der Waals surface area contributed by atoms with Gasteiger partial charge in [0.25, 0.3) is 0 Å². The van der Waals surface area contributed by atoms with E-state index in [9.17, 15) is 0 Å². The maximum atomic E-state index is 5.76. The molecule has 108 valence electrons. The number of hydrogen-bond acceptors (Lipinski definition) is 3. The molecule has 0 radical (unpaired) electrons. The summed E-state index contributed by atoms with van der Waals surface area (Å²) in [7, 11) is 0. The molecule has 0 amide bonds. The molecule has 1 N–H and O–H groups in total. The normalized spacial score (nSPS) is 18.7. The Hall–Kier alpha value is -0.120. The van der Waals surface area contributed by atoms with Crippen LogP contribution < -0.4 is 5.32 Å². The lowest BCUT2D eigenvalue weighted by molar-refractivity contribution is 0.0539. The number of likely N-dealkylation sites (tertiary alicyclic amines) is 1. The van der Waals surface area contributed by atoms with Crippen LogP contribution in [-0.4, -0.2) is 50.3 Å². The predicted molar refractivity (Wildman–Crippen MR) is 78.0 cm³/mol. The molecule has 0 bridgehead atoms. The Morgan fingerprint density at radius 2 is 1.83 bits per heavy atom. The second-order valence-electron chi connectivity index (χ2n) is 5.96. The summed E-state index contributed by atoms with van der Waals surface area (Å²) in [6.07, 6.45) is 5.62. The predicted octanol–water partition coefficient (Wildman–Crippen LogP) is 2.51. The molecule has 3 nitrogen and oxygen atoms in total. The fourth-order valence-electron chi connectivity index (χ4n) is 2.62. The van der Waals surface area contributed by atoms with Gasteiger partial charge in [0.15, 0.2) is 0 Å². The van der Waals surface area contributed by atoms with Crippen LogP contribution in [0.15, 0.2) is 0 Å². The van der Waals surface area contributed by atoms with E-state index in [1.165, 1.54) is 38.9 Å². The van der Waals surface area contributed by atoms with E-state index in [2.05, 4.69) is 31.0 Å². The van der Waals surface area contributed by atoms with Crippen LogP contribution in [0.4, 0.5) is 0 Å². The van der Waals surface area contributed by atoms with E-state index < -0.39 is 0 Å². The van der Waals surface area contributed by atoms with E-state index in [1.807, 2.05) is 0 Å². The molecule has 3 heteroatoms. The SMILES string of the molecule is CC(C)CC(C)OCCNCCCN1CCCC1. The minimum Gasteiger partial charge on any atom is -0.377 e. The Kier molecular flexibility index (Phi) is 8.64. The smallest absolute Gasteiger partial charge is 0.0594 e. The third kappa shape index (κ3) is 8.06. The van der Waals surface area contributed by atoms with Gasteiger partial charge in [-0.1, -0.05) is 13.8 Å². The average molecular weight is 256 g/mol. The van der Waals surface area contributed by atoms with E-state index in [4.69, 9.17) is 4.74 Å². The second-order valence-corrected chi connectivity index (χ2v) is 5.96. The van der Waals surface area contributed by atoms with Gasteiger partial charge in [0.2, 0.25) is 0 Å². The molecule has 1 unspecified atom stereocenters. The fourth-order valence-corrected chi connectivity index (χ4v) is 2.62. The Bertz CT molecular complexity index is 191. The lowest BCUT2D eigenvalue weighted by Gasteiger charge is -2.16. The highest BCUT2D eigenvalue weighted by Crippen LogP contribution is 2.07. The highest BCUT2D eigenvalue weighted by Gasteiger charge is 2.09. The molecule has 1 rings (SSSR count). The van der Waals surface area contributed by atoms with Crippen molar-refractivity contribution >= 4 is 0 Å². The van der Waals surface area contributed by atoms with Crippen LogP contribution in [0, 0.1) is 5.92 Å². The number of rotatable bonds is 10. The highest BCUT2D eigenvalue weighted by molar-refractivity contribution is 4.66. The van der Waals surface area contributed by atoms with E-state index >= 15 is 0 Å². The Balaban J connectivity index is 1.80. The Morgan fingerprint density at radius 1 is 1.11 bits per heavy atom. The van der Waals surface area contributed by atoms with Crippen molar-refractivity contribution in [3.63, 3.8) is 0 Å². The second kappa shape index (κ2) is 9.76. The van der Waals surface area contributed by atoms with Gasteiger partial charge in [-0.05, 0) is 64.7 Å². The van der Waals surface area contributed by atoms with Gasteiger partial charge in [-0.3, -0.25) is 0 Å².